The van der Waals surface area contributed by atoms with Crippen LogP contribution in [0, 0.1) is 8.78 Å². The lowest BCUT2D eigenvalue weighted by Crippen LogP contribution is -2.28. The number of hydrogen-bond donors (Lipinski definition) is 1. The summed E-state index contributed by atoms with van der Waals surface area (Å²) in [6.45, 7) is 0. The summed E-state index contributed by atoms with van der Waals surface area (Å²) >= 11 is 3.38. The fourth-order valence-electron chi connectivity index (χ4n) is 1.41. The van der Waals surface area contributed by atoms with Crippen LogP contribution in [0.15, 0.2) is 53.7 Å². The second-order valence-electron chi connectivity index (χ2n) is 3.68. The van der Waals surface area contributed by atoms with E-state index in [4.69, 9.17) is 0 Å². The van der Waals surface area contributed by atoms with Gasteiger partial charge in [0.25, 0.3) is 5.03 Å². The number of hydrogen-bond acceptors (Lipinski definition) is 3. The Labute approximate surface area is 128 Å². The first kappa shape index (κ1) is 14.1. The quantitative estimate of drug-likeness (QED) is 0.381. The zero-order valence-electron chi connectivity index (χ0n) is 9.88. The molecule has 2 aromatic rings. The van der Waals surface area contributed by atoms with Gasteiger partial charge in [-0.25, -0.2) is 0 Å². The summed E-state index contributed by atoms with van der Waals surface area (Å²) in [6, 6.07) is 12.7. The number of pyridine rings is 1. The predicted molar refractivity (Wildman–Crippen MR) is 83.9 cm³/mol. The third kappa shape index (κ3) is 4.10. The van der Waals surface area contributed by atoms with E-state index >= 15 is 0 Å². The Morgan fingerprint density at radius 3 is 2.74 bits per heavy atom. The Kier molecular flexibility index (Phi) is 5.03. The van der Waals surface area contributed by atoms with Crippen LogP contribution in [0.5, 0.6) is 0 Å². The number of nitrogens with zero attached hydrogens (tertiary/aromatic N) is 1. The highest BCUT2D eigenvalue weighted by atomic mass is 127. The summed E-state index contributed by atoms with van der Waals surface area (Å²) in [6.07, 6.45) is 1.42. The molecular formula is C13H11IN2O2S. The minimum absolute atomic E-state index is 0.127. The van der Waals surface area contributed by atoms with Crippen molar-refractivity contribution < 1.29 is 9.52 Å². The Morgan fingerprint density at radius 2 is 2.00 bits per heavy atom. The highest BCUT2D eigenvalue weighted by Gasteiger charge is 2.09. The molecule has 0 fully saturated rings. The number of carbonyl (C=O) groups is 1. The molecule has 0 aliphatic rings. The Bertz CT molecular complexity index is 592. The number of nitrogens with one attached hydrogen (secondary N) is 1. The van der Waals surface area contributed by atoms with E-state index in [-0.39, 0.29) is 11.7 Å². The van der Waals surface area contributed by atoms with E-state index in [0.29, 0.717) is 5.03 Å². The molecule has 19 heavy (non-hydrogen) atoms. The number of carbonyl (C=O) groups excluding carboxylic acids is 1. The predicted octanol–water partition coefficient (Wildman–Crippen LogP) is 2.66. The molecule has 0 bridgehead atoms. The molecular weight excluding hydrogens is 375 g/mol. The maximum Gasteiger partial charge on any atom is 0.251 e. The first-order valence-electron chi connectivity index (χ1n) is 5.52. The number of amides is 1. The molecule has 0 unspecified atom stereocenters. The number of halogens is 1. The van der Waals surface area contributed by atoms with Crippen molar-refractivity contribution in [3.8, 4) is 0 Å². The first-order valence-corrected chi connectivity index (χ1v) is 7.58. The zero-order valence-corrected chi connectivity index (χ0v) is 12.8. The second kappa shape index (κ2) is 6.76. The third-order valence-electron chi connectivity index (χ3n) is 2.29. The molecule has 0 atom stereocenters. The average Bonchev–Trinajstić information content (AvgIpc) is 2.40. The molecule has 0 radical (unpaired) electrons. The maximum atomic E-state index is 11.8. The van der Waals surface area contributed by atoms with Crippen LogP contribution in [-0.4, -0.2) is 11.7 Å². The largest absolute Gasteiger partial charge is 0.618 e. The van der Waals surface area contributed by atoms with E-state index in [1.165, 1.54) is 18.0 Å². The maximum absolute atomic E-state index is 11.8. The molecule has 4 nitrogen and oxygen atoms in total. The van der Waals surface area contributed by atoms with E-state index < -0.39 is 0 Å². The van der Waals surface area contributed by atoms with Crippen LogP contribution >= 0.6 is 34.4 Å². The van der Waals surface area contributed by atoms with E-state index in [9.17, 15) is 10.0 Å². The van der Waals surface area contributed by atoms with Crippen molar-refractivity contribution in [1.82, 2.24) is 0 Å². The van der Waals surface area contributed by atoms with Gasteiger partial charge in [0.2, 0.25) is 5.91 Å². The van der Waals surface area contributed by atoms with E-state index in [0.717, 1.165) is 14.0 Å². The highest BCUT2D eigenvalue weighted by Crippen LogP contribution is 2.18. The van der Waals surface area contributed by atoms with Crippen LogP contribution in [0.1, 0.15) is 0 Å². The number of rotatable bonds is 4. The number of para-hydroxylation sites is 1. The molecule has 0 aliphatic heterocycles. The molecule has 1 heterocycles. The summed E-state index contributed by atoms with van der Waals surface area (Å²) in [4.78, 5) is 11.8. The number of thioether (sulfide) groups is 1. The van der Waals surface area contributed by atoms with Gasteiger partial charge in [-0.1, -0.05) is 12.1 Å². The molecule has 0 saturated carbocycles. The lowest BCUT2D eigenvalue weighted by atomic mass is 10.3. The highest BCUT2D eigenvalue weighted by molar-refractivity contribution is 14.1. The fraction of sp³-hybridized carbons (Fsp3) is 0.0769. The minimum Gasteiger partial charge on any atom is -0.618 e. The summed E-state index contributed by atoms with van der Waals surface area (Å²) in [5.74, 6) is 0.0787. The molecule has 1 amide bonds. The first-order chi connectivity index (χ1) is 9.16. The van der Waals surface area contributed by atoms with Gasteiger partial charge in [-0.05, 0) is 52.6 Å². The van der Waals surface area contributed by atoms with Gasteiger partial charge in [-0.15, -0.1) is 0 Å². The molecule has 98 valence electrons. The average molecular weight is 386 g/mol. The van der Waals surface area contributed by atoms with E-state index in [1.807, 2.05) is 24.3 Å². The lowest BCUT2D eigenvalue weighted by Gasteiger charge is -2.07. The van der Waals surface area contributed by atoms with Crippen LogP contribution < -0.4 is 10.0 Å². The molecule has 0 spiro atoms. The van der Waals surface area contributed by atoms with Gasteiger partial charge in [0.15, 0.2) is 6.20 Å². The molecule has 1 aromatic carbocycles. The lowest BCUT2D eigenvalue weighted by molar-refractivity contribution is -0.645. The Hall–Kier alpha value is -1.28. The molecule has 0 aliphatic carbocycles. The van der Waals surface area contributed by atoms with Gasteiger partial charge < -0.3 is 10.5 Å². The summed E-state index contributed by atoms with van der Waals surface area (Å²) in [7, 11) is 0. The summed E-state index contributed by atoms with van der Waals surface area (Å²) < 4.78 is 1.74. The van der Waals surface area contributed by atoms with Gasteiger partial charge in [0.1, 0.15) is 0 Å². The number of anilines is 1. The van der Waals surface area contributed by atoms with Crippen LogP contribution in [0.4, 0.5) is 5.69 Å². The van der Waals surface area contributed by atoms with Crippen LogP contribution in [0.2, 0.25) is 0 Å². The van der Waals surface area contributed by atoms with Gasteiger partial charge in [-0.3, -0.25) is 4.79 Å². The molecule has 0 saturated heterocycles. The zero-order chi connectivity index (χ0) is 13.7. The number of benzene rings is 1. The van der Waals surface area contributed by atoms with Crippen molar-refractivity contribution in [2.24, 2.45) is 0 Å². The molecule has 6 heteroatoms. The van der Waals surface area contributed by atoms with Gasteiger partial charge in [-0.2, -0.15) is 4.73 Å². The number of aromatic nitrogens is 1. The normalized spacial score (nSPS) is 10.2. The van der Waals surface area contributed by atoms with Crippen molar-refractivity contribution in [3.05, 3.63) is 57.4 Å². The second-order valence-corrected chi connectivity index (χ2v) is 5.84. The Morgan fingerprint density at radius 1 is 1.26 bits per heavy atom. The molecule has 1 aromatic heterocycles. The third-order valence-corrected chi connectivity index (χ3v) is 4.25. The fourth-order valence-corrected chi connectivity index (χ4v) is 2.65. The summed E-state index contributed by atoms with van der Waals surface area (Å²) in [5.41, 5.74) is 0.789. The van der Waals surface area contributed by atoms with Crippen LogP contribution in [-0.2, 0) is 4.79 Å². The minimum atomic E-state index is -0.127. The Balaban J connectivity index is 1.92. The monoisotopic (exact) mass is 386 g/mol. The van der Waals surface area contributed by atoms with Crippen molar-refractivity contribution in [3.63, 3.8) is 0 Å². The molecule has 2 rings (SSSR count). The van der Waals surface area contributed by atoms with Crippen LogP contribution in [0.25, 0.3) is 0 Å². The van der Waals surface area contributed by atoms with Gasteiger partial charge in [0, 0.05) is 15.7 Å². The molecule has 1 N–H and O–H groups in total. The van der Waals surface area contributed by atoms with Crippen LogP contribution in [0.3, 0.4) is 0 Å². The van der Waals surface area contributed by atoms with E-state index in [1.54, 1.807) is 18.2 Å². The van der Waals surface area contributed by atoms with Crippen molar-refractivity contribution in [2.75, 3.05) is 11.1 Å². The SMILES string of the molecule is O=C(CSc1cccc[n+]1[O-])Nc1ccccc1I. The smallest absolute Gasteiger partial charge is 0.251 e. The standard InChI is InChI=1S/C13H11IN2O2S/c14-10-5-1-2-6-11(10)15-12(17)9-19-13-7-3-4-8-16(13)18/h1-8H,9H2,(H,15,17). The van der Waals surface area contributed by atoms with Crippen molar-refractivity contribution in [1.29, 1.82) is 0 Å². The van der Waals surface area contributed by atoms with Gasteiger partial charge >= 0.3 is 0 Å². The van der Waals surface area contributed by atoms with E-state index in [2.05, 4.69) is 27.9 Å². The van der Waals surface area contributed by atoms with Gasteiger partial charge in [0.05, 0.1) is 11.4 Å². The van der Waals surface area contributed by atoms with Crippen molar-refractivity contribution >= 4 is 45.9 Å². The van der Waals surface area contributed by atoms with Crippen molar-refractivity contribution in [2.45, 2.75) is 5.03 Å². The summed E-state index contributed by atoms with van der Waals surface area (Å²) in [5, 5.41) is 14.7. The topological polar surface area (TPSA) is 56.0 Å².